The van der Waals surface area contributed by atoms with Crippen molar-refractivity contribution < 1.29 is 14.1 Å². The lowest BCUT2D eigenvalue weighted by Gasteiger charge is -2.30. The molecule has 0 atom stereocenters. The Morgan fingerprint density at radius 1 is 1.14 bits per heavy atom. The Morgan fingerprint density at radius 2 is 2.00 bits per heavy atom. The summed E-state index contributed by atoms with van der Waals surface area (Å²) in [6, 6.07) is 13.7. The summed E-state index contributed by atoms with van der Waals surface area (Å²) < 4.78 is 10.7. The van der Waals surface area contributed by atoms with Gasteiger partial charge in [0.1, 0.15) is 23.4 Å². The quantitative estimate of drug-likeness (QED) is 0.498. The second-order valence-electron chi connectivity index (χ2n) is 7.33. The van der Waals surface area contributed by atoms with Gasteiger partial charge in [0.25, 0.3) is 0 Å². The van der Waals surface area contributed by atoms with Gasteiger partial charge in [-0.3, -0.25) is 4.90 Å². The lowest BCUT2D eigenvalue weighted by atomic mass is 9.91. The molecule has 0 amide bonds. The predicted molar refractivity (Wildman–Crippen MR) is 108 cm³/mol. The molecule has 0 radical (unpaired) electrons. The van der Waals surface area contributed by atoms with Crippen LogP contribution in [0.1, 0.15) is 24.5 Å². The molecule has 1 saturated heterocycles. The number of nitrogens with zero attached hydrogens (tertiary/aromatic N) is 5. The van der Waals surface area contributed by atoms with Crippen molar-refractivity contribution in [2.24, 2.45) is 0 Å². The van der Waals surface area contributed by atoms with Gasteiger partial charge in [0.15, 0.2) is 5.58 Å². The molecule has 1 fully saturated rings. The van der Waals surface area contributed by atoms with Crippen LogP contribution in [-0.4, -0.2) is 58.6 Å². The summed E-state index contributed by atoms with van der Waals surface area (Å²) in [5, 5.41) is 13.7. The van der Waals surface area contributed by atoms with Gasteiger partial charge in [0, 0.05) is 23.9 Å². The molecule has 0 N–H and O–H groups in total. The van der Waals surface area contributed by atoms with Crippen molar-refractivity contribution in [3.8, 4) is 5.75 Å². The van der Waals surface area contributed by atoms with Crippen LogP contribution in [0.3, 0.4) is 0 Å². The van der Waals surface area contributed by atoms with Crippen LogP contribution < -0.4 is 9.57 Å². The molecule has 4 aromatic rings. The van der Waals surface area contributed by atoms with Crippen LogP contribution in [-0.2, 0) is 0 Å². The van der Waals surface area contributed by atoms with E-state index in [-0.39, 0.29) is 0 Å². The summed E-state index contributed by atoms with van der Waals surface area (Å²) in [6.45, 7) is 3.42. The first kappa shape index (κ1) is 17.9. The van der Waals surface area contributed by atoms with E-state index in [9.17, 15) is 0 Å². The van der Waals surface area contributed by atoms with E-state index in [2.05, 4.69) is 26.4 Å². The summed E-state index contributed by atoms with van der Waals surface area (Å²) in [5.41, 5.74) is 3.56. The molecule has 3 heterocycles. The van der Waals surface area contributed by atoms with E-state index < -0.39 is 0 Å². The lowest BCUT2D eigenvalue weighted by Crippen LogP contribution is -2.37. The highest BCUT2D eigenvalue weighted by Crippen LogP contribution is 2.32. The van der Waals surface area contributed by atoms with Crippen LogP contribution in [0.25, 0.3) is 22.0 Å². The standard InChI is InChI=1S/C21H23N5O3/c1-27-16-6-7-18-19(14-16)26(24-22-18)28-13-12-25-10-8-15(9-11-25)21-17-4-2-3-5-20(17)29-23-21/h2-7,14-15H,8-13H2,1H3. The number of benzene rings is 2. The summed E-state index contributed by atoms with van der Waals surface area (Å²) >= 11 is 0. The normalized spacial score (nSPS) is 15.9. The number of methoxy groups -OCH3 is 1. The van der Waals surface area contributed by atoms with Crippen LogP contribution in [0.2, 0.25) is 0 Å². The topological polar surface area (TPSA) is 78.4 Å². The summed E-state index contributed by atoms with van der Waals surface area (Å²) in [5.74, 6) is 1.20. The van der Waals surface area contributed by atoms with E-state index in [0.29, 0.717) is 12.5 Å². The highest BCUT2D eigenvalue weighted by atomic mass is 16.7. The smallest absolute Gasteiger partial charge is 0.167 e. The molecule has 8 nitrogen and oxygen atoms in total. The van der Waals surface area contributed by atoms with E-state index in [1.165, 1.54) is 4.85 Å². The van der Waals surface area contributed by atoms with E-state index in [4.69, 9.17) is 14.1 Å². The van der Waals surface area contributed by atoms with Crippen molar-refractivity contribution in [3.63, 3.8) is 0 Å². The van der Waals surface area contributed by atoms with Gasteiger partial charge in [-0.1, -0.05) is 22.1 Å². The molecule has 150 valence electrons. The number of aromatic nitrogens is 4. The minimum atomic E-state index is 0.447. The first-order valence-corrected chi connectivity index (χ1v) is 9.91. The third-order valence-electron chi connectivity index (χ3n) is 5.62. The molecule has 1 aliphatic rings. The summed E-state index contributed by atoms with van der Waals surface area (Å²) in [4.78, 5) is 9.73. The lowest BCUT2D eigenvalue weighted by molar-refractivity contribution is 0.0616. The molecule has 5 rings (SSSR count). The van der Waals surface area contributed by atoms with Crippen LogP contribution in [0.5, 0.6) is 5.75 Å². The molecule has 29 heavy (non-hydrogen) atoms. The second kappa shape index (κ2) is 7.71. The van der Waals surface area contributed by atoms with Crippen molar-refractivity contribution in [2.75, 3.05) is 33.4 Å². The number of likely N-dealkylation sites (tertiary alicyclic amines) is 1. The van der Waals surface area contributed by atoms with Crippen molar-refractivity contribution in [2.45, 2.75) is 18.8 Å². The van der Waals surface area contributed by atoms with Crippen molar-refractivity contribution >= 4 is 22.0 Å². The fourth-order valence-corrected chi connectivity index (χ4v) is 3.99. The fraction of sp³-hybridized carbons (Fsp3) is 0.381. The first-order chi connectivity index (χ1) is 14.3. The fourth-order valence-electron chi connectivity index (χ4n) is 3.99. The predicted octanol–water partition coefficient (Wildman–Crippen LogP) is 2.89. The van der Waals surface area contributed by atoms with Crippen molar-refractivity contribution in [1.29, 1.82) is 0 Å². The third-order valence-corrected chi connectivity index (χ3v) is 5.62. The molecule has 0 saturated carbocycles. The second-order valence-corrected chi connectivity index (χ2v) is 7.33. The van der Waals surface area contributed by atoms with Crippen molar-refractivity contribution in [3.05, 3.63) is 48.2 Å². The largest absolute Gasteiger partial charge is 0.497 e. The van der Waals surface area contributed by atoms with Gasteiger partial charge in [-0.15, -0.1) is 5.10 Å². The monoisotopic (exact) mass is 393 g/mol. The molecular weight excluding hydrogens is 370 g/mol. The molecule has 0 aliphatic carbocycles. The van der Waals surface area contributed by atoms with Gasteiger partial charge >= 0.3 is 0 Å². The van der Waals surface area contributed by atoms with Gasteiger partial charge in [-0.2, -0.15) is 0 Å². The zero-order valence-electron chi connectivity index (χ0n) is 16.3. The van der Waals surface area contributed by atoms with E-state index >= 15 is 0 Å². The number of hydrogen-bond donors (Lipinski definition) is 0. The van der Waals surface area contributed by atoms with Gasteiger partial charge in [0.2, 0.25) is 0 Å². The van der Waals surface area contributed by atoms with E-state index in [1.807, 2.05) is 36.4 Å². The Labute approximate surface area is 167 Å². The number of ether oxygens (including phenoxy) is 1. The van der Waals surface area contributed by atoms with Gasteiger partial charge in [0.05, 0.1) is 12.8 Å². The van der Waals surface area contributed by atoms with Crippen LogP contribution in [0, 0.1) is 0 Å². The Kier molecular flexibility index (Phi) is 4.77. The number of rotatable bonds is 6. The molecule has 2 aromatic heterocycles. The number of fused-ring (bicyclic) bond motifs is 2. The highest BCUT2D eigenvalue weighted by molar-refractivity contribution is 5.79. The molecule has 1 aliphatic heterocycles. The van der Waals surface area contributed by atoms with Crippen molar-refractivity contribution in [1.82, 2.24) is 25.2 Å². The summed E-state index contributed by atoms with van der Waals surface area (Å²) in [7, 11) is 1.64. The Hall–Kier alpha value is -3.13. The van der Waals surface area contributed by atoms with E-state index in [0.717, 1.165) is 65.9 Å². The van der Waals surface area contributed by atoms with Gasteiger partial charge in [-0.25, -0.2) is 0 Å². The zero-order valence-corrected chi connectivity index (χ0v) is 16.3. The third kappa shape index (κ3) is 3.51. The van der Waals surface area contributed by atoms with Gasteiger partial charge < -0.3 is 14.1 Å². The molecule has 0 spiro atoms. The number of piperidine rings is 1. The first-order valence-electron chi connectivity index (χ1n) is 9.91. The van der Waals surface area contributed by atoms with E-state index in [1.54, 1.807) is 7.11 Å². The minimum absolute atomic E-state index is 0.447. The summed E-state index contributed by atoms with van der Waals surface area (Å²) in [6.07, 6.45) is 2.14. The molecule has 2 aromatic carbocycles. The average molecular weight is 393 g/mol. The Morgan fingerprint density at radius 3 is 2.86 bits per heavy atom. The molecule has 0 unspecified atom stereocenters. The highest BCUT2D eigenvalue weighted by Gasteiger charge is 2.24. The number of hydrogen-bond acceptors (Lipinski definition) is 7. The number of para-hydroxylation sites is 1. The zero-order chi connectivity index (χ0) is 19.6. The van der Waals surface area contributed by atoms with Crippen LogP contribution >= 0.6 is 0 Å². The van der Waals surface area contributed by atoms with Crippen LogP contribution in [0.4, 0.5) is 0 Å². The maximum absolute atomic E-state index is 5.84. The van der Waals surface area contributed by atoms with Gasteiger partial charge in [-0.05, 0) is 55.4 Å². The maximum atomic E-state index is 5.84. The van der Waals surface area contributed by atoms with Crippen LogP contribution in [0.15, 0.2) is 47.0 Å². The Bertz CT molecular complexity index is 1110. The minimum Gasteiger partial charge on any atom is -0.497 e. The molecule has 8 heteroatoms. The Balaban J connectivity index is 1.16. The maximum Gasteiger partial charge on any atom is 0.167 e. The SMILES string of the molecule is COc1ccc2nnn(OCCN3CCC(c4noc5ccccc45)CC3)c2c1. The molecular formula is C21H23N5O3. The molecule has 0 bridgehead atoms. The average Bonchev–Trinajstić information content (AvgIpc) is 3.38.